The Labute approximate surface area is 131 Å². The lowest BCUT2D eigenvalue weighted by molar-refractivity contribution is 0.0627. The molecule has 0 saturated heterocycles. The fourth-order valence-corrected chi connectivity index (χ4v) is 2.55. The molecule has 1 aromatic carbocycles. The Morgan fingerprint density at radius 2 is 1.62 bits per heavy atom. The van der Waals surface area contributed by atoms with Gasteiger partial charge in [-0.3, -0.25) is 0 Å². The molecule has 0 aromatic heterocycles. The third-order valence-corrected chi connectivity index (χ3v) is 4.05. The Balaban J connectivity index is 2.93. The van der Waals surface area contributed by atoms with Crippen LogP contribution >= 0.6 is 0 Å². The van der Waals surface area contributed by atoms with Gasteiger partial charge in [0.05, 0.1) is 12.7 Å². The Bertz CT molecular complexity index is 434. The monoisotopic (exact) mass is 291 g/mol. The molecule has 0 bridgehead atoms. The van der Waals surface area contributed by atoms with E-state index in [0.29, 0.717) is 6.04 Å². The van der Waals surface area contributed by atoms with Gasteiger partial charge in [-0.1, -0.05) is 32.9 Å². The van der Waals surface area contributed by atoms with E-state index in [1.165, 1.54) is 22.3 Å². The van der Waals surface area contributed by atoms with E-state index < -0.39 is 0 Å². The number of likely N-dealkylation sites (N-methyl/N-ethyl adjacent to an activating group) is 1. The van der Waals surface area contributed by atoms with Crippen molar-refractivity contribution in [3.8, 4) is 0 Å². The molecule has 1 N–H and O–H groups in total. The number of hydrogen-bond donors (Lipinski definition) is 1. The van der Waals surface area contributed by atoms with E-state index in [0.717, 1.165) is 13.0 Å². The summed E-state index contributed by atoms with van der Waals surface area (Å²) in [5.41, 5.74) is 5.86. The molecule has 2 heteroatoms. The predicted octanol–water partition coefficient (Wildman–Crippen LogP) is 4.16. The second kappa shape index (κ2) is 7.42. The average molecular weight is 291 g/mol. The summed E-state index contributed by atoms with van der Waals surface area (Å²) < 4.78 is 5.76. The van der Waals surface area contributed by atoms with Gasteiger partial charge in [0.25, 0.3) is 0 Å². The Morgan fingerprint density at radius 3 is 2.00 bits per heavy atom. The molecule has 0 aliphatic carbocycles. The van der Waals surface area contributed by atoms with E-state index in [2.05, 4.69) is 65.9 Å². The number of nitrogens with one attached hydrogen (secondary N) is 1. The fourth-order valence-electron chi connectivity index (χ4n) is 2.55. The average Bonchev–Trinajstić information content (AvgIpc) is 2.35. The van der Waals surface area contributed by atoms with Crippen molar-refractivity contribution in [2.45, 2.75) is 72.4 Å². The van der Waals surface area contributed by atoms with Gasteiger partial charge in [0.2, 0.25) is 0 Å². The van der Waals surface area contributed by atoms with Crippen molar-refractivity contribution in [2.24, 2.45) is 0 Å². The van der Waals surface area contributed by atoms with Crippen LogP contribution in [0.1, 0.15) is 56.9 Å². The van der Waals surface area contributed by atoms with Crippen LogP contribution in [-0.4, -0.2) is 25.8 Å². The Hall–Kier alpha value is -0.860. The largest absolute Gasteiger partial charge is 0.377 e. The van der Waals surface area contributed by atoms with Gasteiger partial charge in [0, 0.05) is 6.04 Å². The number of hydrogen-bond acceptors (Lipinski definition) is 2. The normalized spacial score (nSPS) is 13.8. The first-order chi connectivity index (χ1) is 9.65. The van der Waals surface area contributed by atoms with Crippen LogP contribution in [0.3, 0.4) is 0 Å². The van der Waals surface area contributed by atoms with Gasteiger partial charge in [-0.15, -0.1) is 0 Å². The lowest BCUT2D eigenvalue weighted by atomic mass is 9.83. The number of ether oxygens (including phenoxy) is 1. The summed E-state index contributed by atoms with van der Waals surface area (Å²) in [6.45, 7) is 16.2. The van der Waals surface area contributed by atoms with Crippen molar-refractivity contribution in [2.75, 3.05) is 13.7 Å². The van der Waals surface area contributed by atoms with Crippen molar-refractivity contribution < 1.29 is 4.74 Å². The van der Waals surface area contributed by atoms with Gasteiger partial charge in [-0.25, -0.2) is 0 Å². The van der Waals surface area contributed by atoms with Crippen LogP contribution in [0.4, 0.5) is 0 Å². The summed E-state index contributed by atoms with van der Waals surface area (Å²) in [5.74, 6) is 0. The maximum absolute atomic E-state index is 5.76. The highest BCUT2D eigenvalue weighted by molar-refractivity contribution is 5.41. The molecular weight excluding hydrogens is 258 g/mol. The van der Waals surface area contributed by atoms with E-state index in [4.69, 9.17) is 4.74 Å². The molecule has 1 atom stereocenters. The number of aryl methyl sites for hydroxylation is 2. The van der Waals surface area contributed by atoms with Crippen LogP contribution in [-0.2, 0) is 16.6 Å². The highest BCUT2D eigenvalue weighted by Gasteiger charge is 2.18. The maximum Gasteiger partial charge on any atom is 0.0626 e. The second-order valence-corrected chi connectivity index (χ2v) is 7.41. The summed E-state index contributed by atoms with van der Waals surface area (Å²) in [7, 11) is 2.02. The van der Waals surface area contributed by atoms with E-state index in [1.54, 1.807) is 0 Å². The molecule has 0 aliphatic heterocycles. The first kappa shape index (κ1) is 18.2. The molecule has 1 unspecified atom stereocenters. The van der Waals surface area contributed by atoms with Crippen molar-refractivity contribution in [3.63, 3.8) is 0 Å². The lowest BCUT2D eigenvalue weighted by Crippen LogP contribution is -2.34. The zero-order valence-electron chi connectivity index (χ0n) is 15.1. The van der Waals surface area contributed by atoms with Gasteiger partial charge < -0.3 is 10.1 Å². The third-order valence-electron chi connectivity index (χ3n) is 4.05. The van der Waals surface area contributed by atoms with Gasteiger partial charge in [-0.05, 0) is 68.8 Å². The standard InChI is InChI=1S/C19H33NO/c1-13(2)21-12-17(20-8)11-18-14(3)9-16(10-15(18)4)19(5,6)7/h9-10,13,17,20H,11-12H2,1-8H3. The molecule has 0 heterocycles. The summed E-state index contributed by atoms with van der Waals surface area (Å²) in [5, 5.41) is 3.38. The second-order valence-electron chi connectivity index (χ2n) is 7.41. The van der Waals surface area contributed by atoms with Crippen molar-refractivity contribution in [1.29, 1.82) is 0 Å². The van der Waals surface area contributed by atoms with Crippen LogP contribution in [0, 0.1) is 13.8 Å². The molecule has 0 spiro atoms. The molecule has 1 aromatic rings. The smallest absolute Gasteiger partial charge is 0.0626 e. The lowest BCUT2D eigenvalue weighted by Gasteiger charge is -2.24. The van der Waals surface area contributed by atoms with Gasteiger partial charge in [0.15, 0.2) is 0 Å². The van der Waals surface area contributed by atoms with Gasteiger partial charge in [0.1, 0.15) is 0 Å². The van der Waals surface area contributed by atoms with Crippen molar-refractivity contribution in [1.82, 2.24) is 5.32 Å². The van der Waals surface area contributed by atoms with Crippen LogP contribution < -0.4 is 5.32 Å². The summed E-state index contributed by atoms with van der Waals surface area (Å²) in [4.78, 5) is 0. The van der Waals surface area contributed by atoms with Crippen LogP contribution in [0.15, 0.2) is 12.1 Å². The predicted molar refractivity (Wildman–Crippen MR) is 92.3 cm³/mol. The van der Waals surface area contributed by atoms with E-state index in [1.807, 2.05) is 7.05 Å². The molecule has 0 saturated carbocycles. The van der Waals surface area contributed by atoms with Crippen molar-refractivity contribution >= 4 is 0 Å². The molecule has 1 rings (SSSR count). The zero-order valence-corrected chi connectivity index (χ0v) is 15.1. The topological polar surface area (TPSA) is 21.3 Å². The van der Waals surface area contributed by atoms with Gasteiger partial charge in [-0.2, -0.15) is 0 Å². The highest BCUT2D eigenvalue weighted by atomic mass is 16.5. The molecule has 0 radical (unpaired) electrons. The first-order valence-electron chi connectivity index (χ1n) is 8.04. The minimum absolute atomic E-state index is 0.206. The third kappa shape index (κ3) is 5.44. The first-order valence-corrected chi connectivity index (χ1v) is 8.04. The quantitative estimate of drug-likeness (QED) is 0.850. The van der Waals surface area contributed by atoms with Crippen LogP contribution in [0.25, 0.3) is 0 Å². The SMILES string of the molecule is CNC(COC(C)C)Cc1c(C)cc(C(C)(C)C)cc1C. The van der Waals surface area contributed by atoms with Crippen LogP contribution in [0.5, 0.6) is 0 Å². The minimum atomic E-state index is 0.206. The molecule has 120 valence electrons. The highest BCUT2D eigenvalue weighted by Crippen LogP contribution is 2.27. The molecule has 2 nitrogen and oxygen atoms in total. The van der Waals surface area contributed by atoms with Crippen LogP contribution in [0.2, 0.25) is 0 Å². The van der Waals surface area contributed by atoms with E-state index >= 15 is 0 Å². The Kier molecular flexibility index (Phi) is 6.42. The maximum atomic E-state index is 5.76. The number of benzene rings is 1. The molecule has 0 amide bonds. The summed E-state index contributed by atoms with van der Waals surface area (Å²) in [6, 6.07) is 5.06. The molecule has 21 heavy (non-hydrogen) atoms. The molecule has 0 aliphatic rings. The summed E-state index contributed by atoms with van der Waals surface area (Å²) in [6.07, 6.45) is 1.30. The Morgan fingerprint density at radius 1 is 1.10 bits per heavy atom. The molecular formula is C19H33NO. The van der Waals surface area contributed by atoms with Crippen molar-refractivity contribution in [3.05, 3.63) is 34.4 Å². The summed E-state index contributed by atoms with van der Waals surface area (Å²) >= 11 is 0. The minimum Gasteiger partial charge on any atom is -0.377 e. The molecule has 0 fully saturated rings. The zero-order chi connectivity index (χ0) is 16.2. The van der Waals surface area contributed by atoms with E-state index in [-0.39, 0.29) is 11.5 Å². The van der Waals surface area contributed by atoms with E-state index in [9.17, 15) is 0 Å². The van der Waals surface area contributed by atoms with Gasteiger partial charge >= 0.3 is 0 Å². The number of rotatable bonds is 6. The fraction of sp³-hybridized carbons (Fsp3) is 0.684.